The number of ether oxygens (including phenoxy) is 1. The van der Waals surface area contributed by atoms with Crippen molar-refractivity contribution < 1.29 is 22.7 Å². The number of H-pyrrole nitrogens is 1. The molecule has 2 bridgehead atoms. The van der Waals surface area contributed by atoms with Crippen LogP contribution < -0.4 is 15.8 Å². The number of amides is 1. The van der Waals surface area contributed by atoms with Gasteiger partial charge in [0, 0.05) is 57.5 Å². The van der Waals surface area contributed by atoms with Crippen LogP contribution in [0.4, 0.5) is 24.9 Å². The molecule has 4 aliphatic rings. The SMILES string of the molecule is Cc1cnc(N2CCN(C(=O)C34CC(Nc5cc(C(F)(F)F)c(=O)[nH]n5)(CO3)C4)CC2)nc1. The number of hydrogen-bond acceptors (Lipinski definition) is 8. The van der Waals surface area contributed by atoms with Gasteiger partial charge in [-0.2, -0.15) is 18.3 Å². The van der Waals surface area contributed by atoms with E-state index >= 15 is 0 Å². The first-order valence-corrected chi connectivity index (χ1v) is 10.5. The van der Waals surface area contributed by atoms with Gasteiger partial charge in [-0.3, -0.25) is 9.59 Å². The molecule has 0 spiro atoms. The lowest BCUT2D eigenvalue weighted by Gasteiger charge is -2.47. The van der Waals surface area contributed by atoms with Gasteiger partial charge in [-0.05, 0) is 12.5 Å². The Balaban J connectivity index is 1.21. The molecule has 176 valence electrons. The Bertz CT molecular complexity index is 1120. The number of carbonyl (C=O) groups excluding carboxylic acids is 1. The van der Waals surface area contributed by atoms with Gasteiger partial charge in [0.2, 0.25) is 5.95 Å². The minimum absolute atomic E-state index is 0.111. The van der Waals surface area contributed by atoms with Crippen LogP contribution >= 0.6 is 0 Å². The number of anilines is 2. The van der Waals surface area contributed by atoms with Crippen LogP contribution in [-0.2, 0) is 15.7 Å². The monoisotopic (exact) mass is 465 g/mol. The zero-order chi connectivity index (χ0) is 23.4. The van der Waals surface area contributed by atoms with Gasteiger partial charge in [-0.15, -0.1) is 0 Å². The number of aromatic amines is 1. The summed E-state index contributed by atoms with van der Waals surface area (Å²) in [4.78, 5) is 37.0. The molecule has 0 atom stereocenters. The van der Waals surface area contributed by atoms with Gasteiger partial charge in [0.1, 0.15) is 11.4 Å². The Morgan fingerprint density at radius 3 is 2.48 bits per heavy atom. The zero-order valence-corrected chi connectivity index (χ0v) is 17.8. The molecule has 0 radical (unpaired) electrons. The lowest BCUT2D eigenvalue weighted by atomic mass is 9.67. The second-order valence-electron chi connectivity index (χ2n) is 8.88. The summed E-state index contributed by atoms with van der Waals surface area (Å²) < 4.78 is 44.9. The van der Waals surface area contributed by atoms with Crippen molar-refractivity contribution in [2.24, 2.45) is 0 Å². The van der Waals surface area contributed by atoms with Crippen LogP contribution in [0.15, 0.2) is 23.3 Å². The fourth-order valence-corrected chi connectivity index (χ4v) is 4.76. The van der Waals surface area contributed by atoms with E-state index in [1.54, 1.807) is 17.3 Å². The molecule has 4 fully saturated rings. The van der Waals surface area contributed by atoms with Crippen molar-refractivity contribution in [1.29, 1.82) is 0 Å². The van der Waals surface area contributed by atoms with Crippen LogP contribution in [0.3, 0.4) is 0 Å². The van der Waals surface area contributed by atoms with Crippen molar-refractivity contribution in [3.05, 3.63) is 39.9 Å². The van der Waals surface area contributed by atoms with Gasteiger partial charge < -0.3 is 19.9 Å². The predicted molar refractivity (Wildman–Crippen MR) is 110 cm³/mol. The van der Waals surface area contributed by atoms with Gasteiger partial charge in [-0.1, -0.05) is 0 Å². The highest BCUT2D eigenvalue weighted by Gasteiger charge is 2.67. The van der Waals surface area contributed by atoms with E-state index in [2.05, 4.69) is 20.4 Å². The number of carbonyl (C=O) groups is 1. The molecule has 1 saturated carbocycles. The molecule has 3 saturated heterocycles. The molecule has 1 aliphatic carbocycles. The molecule has 6 rings (SSSR count). The highest BCUT2D eigenvalue weighted by molar-refractivity contribution is 5.88. The first-order valence-electron chi connectivity index (χ1n) is 10.5. The summed E-state index contributed by atoms with van der Waals surface area (Å²) in [6, 6.07) is 0.681. The number of halogens is 3. The van der Waals surface area contributed by atoms with E-state index in [1.165, 1.54) is 0 Å². The third-order valence-electron chi connectivity index (χ3n) is 6.38. The number of fused-ring (bicyclic) bond motifs is 1. The first kappa shape index (κ1) is 21.6. The van der Waals surface area contributed by atoms with Crippen LogP contribution in [-0.4, -0.2) is 74.9 Å². The third kappa shape index (κ3) is 3.79. The number of piperazine rings is 1. The normalized spacial score (nSPS) is 26.8. The Morgan fingerprint density at radius 2 is 1.85 bits per heavy atom. The van der Waals surface area contributed by atoms with E-state index in [0.717, 1.165) is 5.56 Å². The van der Waals surface area contributed by atoms with Crippen molar-refractivity contribution >= 4 is 17.7 Å². The van der Waals surface area contributed by atoms with Crippen molar-refractivity contribution in [2.75, 3.05) is 43.0 Å². The topological polar surface area (TPSA) is 116 Å². The lowest BCUT2D eigenvalue weighted by molar-refractivity contribution is -0.155. The number of aryl methyl sites for hydroxylation is 1. The fourth-order valence-electron chi connectivity index (χ4n) is 4.76. The summed E-state index contributed by atoms with van der Waals surface area (Å²) in [7, 11) is 0. The van der Waals surface area contributed by atoms with E-state index < -0.39 is 28.4 Å². The van der Waals surface area contributed by atoms with Gasteiger partial charge in [-0.25, -0.2) is 15.1 Å². The molecule has 2 aromatic heterocycles. The summed E-state index contributed by atoms with van der Waals surface area (Å²) in [5, 5.41) is 8.47. The number of aromatic nitrogens is 4. The highest BCUT2D eigenvalue weighted by Crippen LogP contribution is 2.54. The molecule has 1 amide bonds. The van der Waals surface area contributed by atoms with Crippen molar-refractivity contribution in [3.8, 4) is 0 Å². The van der Waals surface area contributed by atoms with Gasteiger partial charge in [0.05, 0.1) is 12.1 Å². The molecule has 3 aliphatic heterocycles. The molecule has 13 heteroatoms. The van der Waals surface area contributed by atoms with E-state index in [4.69, 9.17) is 4.74 Å². The number of nitrogens with zero attached hydrogens (tertiary/aromatic N) is 5. The molecule has 0 aromatic carbocycles. The van der Waals surface area contributed by atoms with Crippen molar-refractivity contribution in [3.63, 3.8) is 0 Å². The van der Waals surface area contributed by atoms with Crippen LogP contribution in [0.1, 0.15) is 24.0 Å². The van der Waals surface area contributed by atoms with E-state index in [0.29, 0.717) is 51.0 Å². The fraction of sp³-hybridized carbons (Fsp3) is 0.550. The van der Waals surface area contributed by atoms with Crippen LogP contribution in [0.25, 0.3) is 0 Å². The molecule has 0 unspecified atom stereocenters. The Labute approximate surface area is 186 Å². The first-order chi connectivity index (χ1) is 15.6. The molecule has 33 heavy (non-hydrogen) atoms. The predicted octanol–water partition coefficient (Wildman–Crippen LogP) is 0.949. The maximum absolute atomic E-state index is 13.2. The second-order valence-corrected chi connectivity index (χ2v) is 8.88. The number of alkyl halides is 3. The molecule has 2 N–H and O–H groups in total. The number of nitrogens with one attached hydrogen (secondary N) is 2. The minimum Gasteiger partial charge on any atom is -0.363 e. The van der Waals surface area contributed by atoms with Gasteiger partial charge in [0.25, 0.3) is 11.5 Å². The summed E-state index contributed by atoms with van der Waals surface area (Å²) in [5.41, 5.74) is -3.33. The number of hydrogen-bond donors (Lipinski definition) is 2. The van der Waals surface area contributed by atoms with Crippen LogP contribution in [0.2, 0.25) is 0 Å². The summed E-state index contributed by atoms with van der Waals surface area (Å²) in [5.74, 6) is 0.397. The van der Waals surface area contributed by atoms with E-state index in [1.807, 2.05) is 16.9 Å². The second kappa shape index (κ2) is 7.40. The summed E-state index contributed by atoms with van der Waals surface area (Å²) in [6.45, 7) is 4.26. The average Bonchev–Trinajstić information content (AvgIpc) is 3.31. The van der Waals surface area contributed by atoms with E-state index in [-0.39, 0.29) is 18.3 Å². The molecule has 10 nitrogen and oxygen atoms in total. The quantitative estimate of drug-likeness (QED) is 0.686. The van der Waals surface area contributed by atoms with Gasteiger partial charge in [0.15, 0.2) is 5.60 Å². The average molecular weight is 465 g/mol. The molecular weight excluding hydrogens is 443 g/mol. The zero-order valence-electron chi connectivity index (χ0n) is 17.8. The smallest absolute Gasteiger partial charge is 0.363 e. The highest BCUT2D eigenvalue weighted by atomic mass is 19.4. The Hall–Kier alpha value is -3.22. The van der Waals surface area contributed by atoms with Crippen LogP contribution in [0, 0.1) is 6.92 Å². The maximum Gasteiger partial charge on any atom is 0.421 e. The van der Waals surface area contributed by atoms with E-state index in [9.17, 15) is 22.8 Å². The third-order valence-corrected chi connectivity index (χ3v) is 6.38. The molecular formula is C20H22F3N7O3. The minimum atomic E-state index is -4.79. The Kier molecular flexibility index (Phi) is 4.85. The summed E-state index contributed by atoms with van der Waals surface area (Å²) in [6.07, 6.45) is -0.644. The summed E-state index contributed by atoms with van der Waals surface area (Å²) >= 11 is 0. The number of rotatable bonds is 4. The van der Waals surface area contributed by atoms with Crippen molar-refractivity contribution in [1.82, 2.24) is 25.1 Å². The molecule has 2 aromatic rings. The Morgan fingerprint density at radius 1 is 1.18 bits per heavy atom. The molecule has 5 heterocycles. The maximum atomic E-state index is 13.2. The standard InChI is InChI=1S/C20H22F3N7O3/c1-12-7-24-17(25-8-12)30-4-2-29(3-5-30)16(32)19-9-18(10-19,11-33-19)26-14-6-13(20(21,22)23)15(31)28-27-14/h6-8H,2-5,9-11H2,1H3,(H,26,27)(H,28,31). The van der Waals surface area contributed by atoms with Gasteiger partial charge >= 0.3 is 6.18 Å². The largest absolute Gasteiger partial charge is 0.421 e. The van der Waals surface area contributed by atoms with Crippen molar-refractivity contribution in [2.45, 2.75) is 37.1 Å². The lowest BCUT2D eigenvalue weighted by Crippen LogP contribution is -2.63. The van der Waals surface area contributed by atoms with Crippen LogP contribution in [0.5, 0.6) is 0 Å².